The lowest BCUT2D eigenvalue weighted by atomic mass is 9.44. The molecule has 0 radical (unpaired) electrons. The van der Waals surface area contributed by atoms with Gasteiger partial charge < -0.3 is 14.1 Å². The lowest BCUT2D eigenvalue weighted by molar-refractivity contribution is 0.332. The first-order valence-electron chi connectivity index (χ1n) is 26.9. The zero-order valence-corrected chi connectivity index (χ0v) is 43.6. The highest BCUT2D eigenvalue weighted by Gasteiger charge is 2.55. The number of rotatable bonds is 7. The van der Waals surface area contributed by atoms with Gasteiger partial charge in [-0.15, -0.1) is 11.3 Å². The summed E-state index contributed by atoms with van der Waals surface area (Å²) in [4.78, 5) is 5.49. The molecule has 0 bridgehead atoms. The molecule has 0 N–H and O–H groups in total. The molecule has 74 heavy (non-hydrogen) atoms. The van der Waals surface area contributed by atoms with Gasteiger partial charge >= 0.3 is 6.85 Å². The minimum absolute atomic E-state index is 0.0269. The Hall–Kier alpha value is -7.60. The summed E-state index contributed by atoms with van der Waals surface area (Å²) in [5, 5.41) is 3.61. The Morgan fingerprint density at radius 3 is 1.95 bits per heavy atom. The molecule has 0 atom stereocenters. The van der Waals surface area contributed by atoms with Crippen LogP contribution in [0.1, 0.15) is 99.2 Å². The molecule has 5 heterocycles. The molecule has 0 unspecified atom stereocenters. The maximum atomic E-state index is 7.31. The van der Waals surface area contributed by atoms with E-state index in [4.69, 9.17) is 4.42 Å². The van der Waals surface area contributed by atoms with E-state index in [0.29, 0.717) is 0 Å². The summed E-state index contributed by atoms with van der Waals surface area (Å²) in [5.41, 5.74) is 23.1. The molecule has 3 aliphatic heterocycles. The fraction of sp³-hybridized carbons (Fsp3) is 0.188. The zero-order chi connectivity index (χ0) is 49.7. The minimum Gasteiger partial charge on any atom is -0.455 e. The van der Waals surface area contributed by atoms with Crippen LogP contribution in [0.2, 0.25) is 0 Å². The smallest absolute Gasteiger partial charge is 0.343 e. The Labute approximate surface area is 438 Å². The van der Waals surface area contributed by atoms with Gasteiger partial charge in [0.15, 0.2) is 0 Å². The number of para-hydroxylation sites is 3. The van der Waals surface area contributed by atoms with Crippen molar-refractivity contribution >= 4 is 88.9 Å². The molecule has 9 aromatic carbocycles. The molecule has 0 saturated heterocycles. The Morgan fingerprint density at radius 1 is 0.541 bits per heavy atom. The minimum atomic E-state index is -0.618. The number of aryl methyl sites for hydroxylation is 1. The lowest BCUT2D eigenvalue weighted by Crippen LogP contribution is -2.62. The van der Waals surface area contributed by atoms with Gasteiger partial charge in [0.1, 0.15) is 11.2 Å². The monoisotopic (exact) mass is 972 g/mol. The molecule has 11 aromatic rings. The molecule has 358 valence electrons. The highest BCUT2D eigenvalue weighted by molar-refractivity contribution is 7.32. The van der Waals surface area contributed by atoms with Crippen molar-refractivity contribution in [1.82, 2.24) is 0 Å². The van der Waals surface area contributed by atoms with E-state index in [9.17, 15) is 0 Å². The van der Waals surface area contributed by atoms with Gasteiger partial charge in [-0.1, -0.05) is 193 Å². The quantitative estimate of drug-likeness (QED) is 0.148. The van der Waals surface area contributed by atoms with Crippen LogP contribution in [0.5, 0.6) is 0 Å². The highest BCUT2D eigenvalue weighted by atomic mass is 32.1. The van der Waals surface area contributed by atoms with Gasteiger partial charge in [-0.3, -0.25) is 0 Å². The van der Waals surface area contributed by atoms with Gasteiger partial charge in [-0.25, -0.2) is 0 Å². The number of fused-ring (bicyclic) bond motifs is 13. The molecule has 0 fully saturated rings. The van der Waals surface area contributed by atoms with Crippen molar-refractivity contribution in [3.63, 3.8) is 0 Å². The predicted molar refractivity (Wildman–Crippen MR) is 314 cm³/mol. The van der Waals surface area contributed by atoms with Crippen molar-refractivity contribution in [3.8, 4) is 22.3 Å². The molecule has 0 spiro atoms. The largest absolute Gasteiger partial charge is 0.455 e. The van der Waals surface area contributed by atoms with E-state index in [0.717, 1.165) is 47.6 Å². The second-order valence-corrected chi connectivity index (χ2v) is 23.8. The third-order valence-corrected chi connectivity index (χ3v) is 18.9. The summed E-state index contributed by atoms with van der Waals surface area (Å²) in [5.74, 6) is 0. The molecule has 1 aliphatic carbocycles. The van der Waals surface area contributed by atoms with E-state index < -0.39 is 5.41 Å². The first-order chi connectivity index (χ1) is 36.2. The Balaban J connectivity index is 1.14. The van der Waals surface area contributed by atoms with Gasteiger partial charge in [0, 0.05) is 59.4 Å². The lowest BCUT2D eigenvalue weighted by Gasteiger charge is -2.52. The van der Waals surface area contributed by atoms with E-state index in [-0.39, 0.29) is 17.7 Å². The summed E-state index contributed by atoms with van der Waals surface area (Å²) in [7, 11) is 0. The van der Waals surface area contributed by atoms with Crippen LogP contribution in [0.4, 0.5) is 28.4 Å². The van der Waals surface area contributed by atoms with E-state index in [1.165, 1.54) is 116 Å². The molecular formula is C69H57BN2OS. The standard InChI is InChI=1S/C69H57BN2OS/c1-6-7-22-43-35-36-56(49(39-43)44-23-11-8-12-24-44)71-58-41-50-47-29-17-20-34-59(47)73-65(50)61-48-30-21-32-53-63(48)72(57-33-19-18-31-52(57)69(53,45-25-13-9-14-26-45)46-27-15-10-16-28-46)70(62(58)61)66-64(71)51-40-54-55(42-60(51)74-66)68(4,5)38-37-67(54,2)3/h8-21,23-36,39-42H,6-7,22,37-38H2,1-5H3. The van der Waals surface area contributed by atoms with Crippen LogP contribution >= 0.6 is 11.3 Å². The summed E-state index contributed by atoms with van der Waals surface area (Å²) in [6.45, 7) is 12.0. The summed E-state index contributed by atoms with van der Waals surface area (Å²) >= 11 is 2.01. The van der Waals surface area contributed by atoms with Gasteiger partial charge in [0.2, 0.25) is 0 Å². The number of thiophene rings is 1. The first-order valence-corrected chi connectivity index (χ1v) is 27.7. The second kappa shape index (κ2) is 16.0. The fourth-order valence-corrected chi connectivity index (χ4v) is 15.4. The number of benzene rings is 9. The summed E-state index contributed by atoms with van der Waals surface area (Å²) in [6, 6.07) is 74.0. The van der Waals surface area contributed by atoms with Crippen LogP contribution in [0.15, 0.2) is 199 Å². The van der Waals surface area contributed by atoms with Gasteiger partial charge in [-0.2, -0.15) is 0 Å². The van der Waals surface area contributed by atoms with Crippen molar-refractivity contribution in [3.05, 3.63) is 233 Å². The molecule has 0 amide bonds. The predicted octanol–water partition coefficient (Wildman–Crippen LogP) is 17.6. The van der Waals surface area contributed by atoms with Crippen molar-refractivity contribution in [2.75, 3.05) is 9.71 Å². The first kappa shape index (κ1) is 43.9. The summed E-state index contributed by atoms with van der Waals surface area (Å²) in [6.07, 6.45) is 5.68. The van der Waals surface area contributed by atoms with Gasteiger partial charge in [0.25, 0.3) is 0 Å². The maximum absolute atomic E-state index is 7.31. The number of nitrogens with zero attached hydrogens (tertiary/aromatic N) is 2. The average Bonchev–Trinajstić information content (AvgIpc) is 4.11. The molecule has 2 aromatic heterocycles. The molecule has 3 nitrogen and oxygen atoms in total. The third-order valence-electron chi connectivity index (χ3n) is 17.7. The second-order valence-electron chi connectivity index (χ2n) is 22.8. The van der Waals surface area contributed by atoms with Crippen LogP contribution in [0, 0.1) is 0 Å². The van der Waals surface area contributed by atoms with E-state index in [1.807, 2.05) is 11.3 Å². The topological polar surface area (TPSA) is 19.6 Å². The molecule has 0 saturated carbocycles. The Kier molecular flexibility index (Phi) is 9.47. The van der Waals surface area contributed by atoms with Crippen molar-refractivity contribution in [1.29, 1.82) is 0 Å². The molecular weight excluding hydrogens is 916 g/mol. The molecule has 5 heteroatoms. The van der Waals surface area contributed by atoms with Gasteiger partial charge in [-0.05, 0) is 129 Å². The van der Waals surface area contributed by atoms with Crippen molar-refractivity contribution < 1.29 is 4.42 Å². The zero-order valence-electron chi connectivity index (χ0n) is 42.8. The van der Waals surface area contributed by atoms with E-state index in [1.54, 1.807) is 0 Å². The number of unbranched alkanes of at least 4 members (excludes halogenated alkanes) is 1. The molecule has 15 rings (SSSR count). The Bertz CT molecular complexity index is 4050. The normalized spacial score (nSPS) is 16.2. The SMILES string of the molecule is CCCCc1ccc(N2c3cc4c(oc5ccccc54)c4c3B(c3sc5cc6c(cc5c32)C(C)(C)CCC6(C)C)N2c3ccccc3C(c3ccccc3)(c3ccccc3)c3cccc-4c32)c(-c2ccccc2)c1. The highest BCUT2D eigenvalue weighted by Crippen LogP contribution is 2.62. The average molecular weight is 973 g/mol. The van der Waals surface area contributed by atoms with Crippen LogP contribution in [0.25, 0.3) is 54.3 Å². The van der Waals surface area contributed by atoms with Crippen LogP contribution < -0.4 is 20.0 Å². The maximum Gasteiger partial charge on any atom is 0.343 e. The van der Waals surface area contributed by atoms with Crippen molar-refractivity contribution in [2.45, 2.75) is 83.0 Å². The van der Waals surface area contributed by atoms with Crippen LogP contribution in [-0.2, 0) is 22.7 Å². The van der Waals surface area contributed by atoms with Gasteiger partial charge in [0.05, 0.1) is 16.8 Å². The number of anilines is 5. The van der Waals surface area contributed by atoms with Crippen LogP contribution in [0.3, 0.4) is 0 Å². The summed E-state index contributed by atoms with van der Waals surface area (Å²) < 4.78 is 10.0. The van der Waals surface area contributed by atoms with Crippen LogP contribution in [-0.4, -0.2) is 6.85 Å². The number of furan rings is 1. The van der Waals surface area contributed by atoms with E-state index >= 15 is 0 Å². The van der Waals surface area contributed by atoms with Crippen molar-refractivity contribution in [2.24, 2.45) is 0 Å². The fourth-order valence-electron chi connectivity index (χ4n) is 14.1. The Morgan fingerprint density at radius 2 is 1.20 bits per heavy atom. The molecule has 4 aliphatic rings. The number of hydrogen-bond donors (Lipinski definition) is 0. The third kappa shape index (κ3) is 5.96. The van der Waals surface area contributed by atoms with E-state index in [2.05, 4.69) is 238 Å². The number of hydrogen-bond acceptors (Lipinski definition) is 4.